The minimum absolute atomic E-state index is 0.190. The maximum Gasteiger partial charge on any atom is 0.584 e. The largest absolute Gasteiger partial charge is 0.584 e. The highest BCUT2D eigenvalue weighted by atomic mass is 31.2. The van der Waals surface area contributed by atoms with Crippen molar-refractivity contribution in [3.8, 4) is 17.2 Å². The molecule has 0 saturated carbocycles. The van der Waals surface area contributed by atoms with Crippen LogP contribution in [0.1, 0.15) is 33.4 Å². The predicted octanol–water partition coefficient (Wildman–Crippen LogP) is 7.46. The lowest BCUT2D eigenvalue weighted by molar-refractivity contribution is 0.291. The Morgan fingerprint density at radius 2 is 1.29 bits per heavy atom. The Balaban J connectivity index is 1.61. The molecule has 0 amide bonds. The molecule has 0 saturated heterocycles. The smallest absolute Gasteiger partial charge is 0.508 e. The second kappa shape index (κ2) is 10.2. The third-order valence-corrected chi connectivity index (χ3v) is 6.22. The molecule has 1 atom stereocenters. The fourth-order valence-electron chi connectivity index (χ4n) is 3.87. The van der Waals surface area contributed by atoms with E-state index in [0.717, 1.165) is 39.0 Å². The maximum atomic E-state index is 12.6. The summed E-state index contributed by atoms with van der Waals surface area (Å²) < 4.78 is 23.2. The Morgan fingerprint density at radius 3 is 1.89 bits per heavy atom. The van der Waals surface area contributed by atoms with Gasteiger partial charge >= 0.3 is 7.82 Å². The Kier molecular flexibility index (Phi) is 7.11. The van der Waals surface area contributed by atoms with Crippen LogP contribution in [0, 0.1) is 20.8 Å². The summed E-state index contributed by atoms with van der Waals surface area (Å²) >= 11 is 0. The van der Waals surface area contributed by atoms with E-state index in [0.29, 0.717) is 0 Å². The lowest BCUT2D eigenvalue weighted by Gasteiger charge is -2.15. The van der Waals surface area contributed by atoms with Gasteiger partial charge < -0.3 is 14.2 Å². The van der Waals surface area contributed by atoms with Gasteiger partial charge in [-0.05, 0) is 96.6 Å². The summed E-state index contributed by atoms with van der Waals surface area (Å²) in [4.78, 5) is 10.3. The number of benzene rings is 4. The van der Waals surface area contributed by atoms with Crippen molar-refractivity contribution in [1.82, 2.24) is 0 Å². The lowest BCUT2D eigenvalue weighted by Crippen LogP contribution is -2.00. The number of rotatable bonds is 7. The van der Waals surface area contributed by atoms with Crippen LogP contribution in [0.15, 0.2) is 91.0 Å². The van der Waals surface area contributed by atoms with Crippen LogP contribution >= 0.6 is 7.82 Å². The molecular formula is C29H27O5P. The van der Waals surface area contributed by atoms with Crippen LogP contribution < -0.4 is 9.05 Å². The number of phosphoric ester groups is 1. The van der Waals surface area contributed by atoms with Crippen LogP contribution in [0.3, 0.4) is 0 Å². The van der Waals surface area contributed by atoms with Crippen LogP contribution in [-0.2, 0) is 4.57 Å². The highest BCUT2D eigenvalue weighted by molar-refractivity contribution is 7.48. The van der Waals surface area contributed by atoms with Crippen LogP contribution in [0.2, 0.25) is 0 Å². The van der Waals surface area contributed by atoms with Crippen molar-refractivity contribution in [2.45, 2.75) is 20.8 Å². The number of aryl methyl sites for hydroxylation is 3. The maximum absolute atomic E-state index is 12.6. The Hall–Kier alpha value is -3.79. The average molecular weight is 487 g/mol. The van der Waals surface area contributed by atoms with Crippen molar-refractivity contribution in [2.24, 2.45) is 0 Å². The number of hydrogen-bond donors (Lipinski definition) is 2. The summed E-state index contributed by atoms with van der Waals surface area (Å²) in [6.07, 6.45) is 2.06. The molecule has 0 spiro atoms. The summed E-state index contributed by atoms with van der Waals surface area (Å²) in [5, 5.41) is 9.72. The molecule has 0 aliphatic heterocycles. The van der Waals surface area contributed by atoms with Gasteiger partial charge in [0.05, 0.1) is 0 Å². The molecular weight excluding hydrogens is 459 g/mol. The topological polar surface area (TPSA) is 76.0 Å². The number of phenols is 1. The number of hydrogen-bond acceptors (Lipinski definition) is 4. The summed E-state index contributed by atoms with van der Waals surface area (Å²) in [6, 6.07) is 27.4. The van der Waals surface area contributed by atoms with Crippen LogP contribution in [0.4, 0.5) is 0 Å². The van der Waals surface area contributed by atoms with Crippen molar-refractivity contribution >= 4 is 19.5 Å². The van der Waals surface area contributed by atoms with Gasteiger partial charge in [0.25, 0.3) is 0 Å². The molecule has 178 valence electrons. The summed E-state index contributed by atoms with van der Waals surface area (Å²) in [6.45, 7) is 5.81. The van der Waals surface area contributed by atoms with Crippen LogP contribution in [0.25, 0.3) is 11.6 Å². The van der Waals surface area contributed by atoms with E-state index in [1.807, 2.05) is 69.3 Å². The molecule has 4 aromatic carbocycles. The second-order valence-electron chi connectivity index (χ2n) is 8.52. The standard InChI is InChI=1S/C29H27O5P/c1-20-5-4-6-23(16-20)19-29(24-7-11-26(30)12-8-24)25-9-13-27(14-10-25)33-35(31,32)34-28-17-21(2)15-22(3)18-28/h4-19,30H,1-3H3,(H,31,32). The molecule has 2 N–H and O–H groups in total. The van der Waals surface area contributed by atoms with Gasteiger partial charge in [0.15, 0.2) is 0 Å². The first kappa shape index (κ1) is 24.3. The molecule has 1 unspecified atom stereocenters. The SMILES string of the molecule is Cc1cccc(C=C(c2ccc(O)cc2)c2ccc(OP(=O)(O)Oc3cc(C)cc(C)c3)cc2)c1. The summed E-state index contributed by atoms with van der Waals surface area (Å²) in [5.41, 5.74) is 6.76. The first-order chi connectivity index (χ1) is 16.7. The zero-order valence-corrected chi connectivity index (χ0v) is 20.7. The van der Waals surface area contributed by atoms with E-state index in [4.69, 9.17) is 9.05 Å². The van der Waals surface area contributed by atoms with Gasteiger partial charge in [-0.2, -0.15) is 0 Å². The van der Waals surface area contributed by atoms with E-state index < -0.39 is 7.82 Å². The number of phenolic OH excluding ortho intramolecular Hbond substituents is 1. The van der Waals surface area contributed by atoms with E-state index >= 15 is 0 Å². The normalized spacial score (nSPS) is 13.2. The van der Waals surface area contributed by atoms with E-state index in [9.17, 15) is 14.6 Å². The van der Waals surface area contributed by atoms with Gasteiger partial charge in [-0.15, -0.1) is 0 Å². The summed E-state index contributed by atoms with van der Waals surface area (Å²) in [5.74, 6) is 0.681. The molecule has 5 nitrogen and oxygen atoms in total. The predicted molar refractivity (Wildman–Crippen MR) is 140 cm³/mol. The van der Waals surface area contributed by atoms with Crippen molar-refractivity contribution in [3.63, 3.8) is 0 Å². The first-order valence-corrected chi connectivity index (χ1v) is 12.6. The molecule has 4 aromatic rings. The van der Waals surface area contributed by atoms with Crippen LogP contribution in [-0.4, -0.2) is 10.00 Å². The van der Waals surface area contributed by atoms with Crippen LogP contribution in [0.5, 0.6) is 17.2 Å². The second-order valence-corrected chi connectivity index (χ2v) is 9.82. The Labute approximate surface area is 205 Å². The number of phosphoric acid groups is 1. The quantitative estimate of drug-likeness (QED) is 0.209. The van der Waals surface area contributed by atoms with Crippen molar-refractivity contribution in [1.29, 1.82) is 0 Å². The number of aromatic hydroxyl groups is 1. The molecule has 35 heavy (non-hydrogen) atoms. The van der Waals surface area contributed by atoms with Gasteiger partial charge in [0.2, 0.25) is 0 Å². The van der Waals surface area contributed by atoms with Crippen molar-refractivity contribution in [3.05, 3.63) is 124 Å². The van der Waals surface area contributed by atoms with Gasteiger partial charge in [-0.3, -0.25) is 4.89 Å². The Morgan fingerprint density at radius 1 is 0.714 bits per heavy atom. The van der Waals surface area contributed by atoms with Gasteiger partial charge in [0, 0.05) is 0 Å². The monoisotopic (exact) mass is 486 g/mol. The van der Waals surface area contributed by atoms with E-state index in [-0.39, 0.29) is 17.2 Å². The highest BCUT2D eigenvalue weighted by Crippen LogP contribution is 2.45. The molecule has 0 aliphatic rings. The van der Waals surface area contributed by atoms with Gasteiger partial charge in [-0.1, -0.05) is 60.2 Å². The van der Waals surface area contributed by atoms with Gasteiger partial charge in [-0.25, -0.2) is 4.57 Å². The van der Waals surface area contributed by atoms with E-state index in [1.165, 1.54) is 0 Å². The zero-order valence-electron chi connectivity index (χ0n) is 19.8. The third kappa shape index (κ3) is 6.63. The van der Waals surface area contributed by atoms with Crippen molar-refractivity contribution < 1.29 is 23.6 Å². The summed E-state index contributed by atoms with van der Waals surface area (Å²) in [7, 11) is -4.38. The molecule has 0 bridgehead atoms. The third-order valence-electron chi connectivity index (χ3n) is 5.33. The minimum Gasteiger partial charge on any atom is -0.508 e. The molecule has 0 fully saturated rings. The molecule has 0 heterocycles. The molecule has 0 aromatic heterocycles. The molecule has 0 radical (unpaired) electrons. The van der Waals surface area contributed by atoms with E-state index in [2.05, 4.69) is 12.1 Å². The zero-order chi connectivity index (χ0) is 25.0. The van der Waals surface area contributed by atoms with Crippen molar-refractivity contribution in [2.75, 3.05) is 0 Å². The minimum atomic E-state index is -4.38. The molecule has 4 rings (SSSR count). The molecule has 0 aliphatic carbocycles. The fourth-order valence-corrected chi connectivity index (χ4v) is 4.66. The first-order valence-electron chi connectivity index (χ1n) is 11.2. The van der Waals surface area contributed by atoms with E-state index in [1.54, 1.807) is 36.4 Å². The molecule has 6 heteroatoms. The van der Waals surface area contributed by atoms with Gasteiger partial charge in [0.1, 0.15) is 17.2 Å². The lowest BCUT2D eigenvalue weighted by atomic mass is 9.95. The fraction of sp³-hybridized carbons (Fsp3) is 0.103. The highest BCUT2D eigenvalue weighted by Gasteiger charge is 2.25. The average Bonchev–Trinajstić information content (AvgIpc) is 2.77. The Bertz CT molecular complexity index is 1390.